The molecule has 6 heteroatoms. The Balaban J connectivity index is 3.05. The minimum atomic E-state index is -0.574. The molecule has 1 aromatic rings. The normalized spacial score (nSPS) is 9.39. The van der Waals surface area contributed by atoms with E-state index in [1.807, 2.05) is 0 Å². The van der Waals surface area contributed by atoms with Crippen molar-refractivity contribution in [2.45, 2.75) is 6.42 Å². The van der Waals surface area contributed by atoms with E-state index in [0.29, 0.717) is 16.9 Å². The Bertz CT molecular complexity index is 517. The Morgan fingerprint density at radius 3 is 2.61 bits per heavy atom. The Kier molecular flexibility index (Phi) is 4.27. The zero-order valence-corrected chi connectivity index (χ0v) is 10.2. The van der Waals surface area contributed by atoms with Gasteiger partial charge in [-0.15, -0.1) is 0 Å². The van der Waals surface area contributed by atoms with Gasteiger partial charge in [-0.2, -0.15) is 5.26 Å². The highest BCUT2D eigenvalue weighted by Crippen LogP contribution is 2.22. The van der Waals surface area contributed by atoms with Gasteiger partial charge in [-0.25, -0.2) is 0 Å². The van der Waals surface area contributed by atoms with Gasteiger partial charge in [0.1, 0.15) is 6.42 Å². The monoisotopic (exact) mass is 246 g/mol. The van der Waals surface area contributed by atoms with Gasteiger partial charge >= 0.3 is 0 Å². The molecule has 0 aliphatic heterocycles. The topological polar surface area (TPSA) is 99.2 Å². The smallest absolute Gasteiger partial charge is 0.250 e. The largest absolute Gasteiger partial charge is 0.377 e. The van der Waals surface area contributed by atoms with Crippen molar-refractivity contribution in [2.24, 2.45) is 5.73 Å². The van der Waals surface area contributed by atoms with Crippen molar-refractivity contribution in [3.05, 3.63) is 23.8 Å². The second kappa shape index (κ2) is 5.68. The predicted octanol–water partition coefficient (Wildman–Crippen LogP) is 0.704. The van der Waals surface area contributed by atoms with Crippen LogP contribution in [0.1, 0.15) is 16.8 Å². The van der Waals surface area contributed by atoms with Crippen LogP contribution >= 0.6 is 0 Å². The van der Waals surface area contributed by atoms with Crippen molar-refractivity contribution < 1.29 is 9.59 Å². The van der Waals surface area contributed by atoms with E-state index in [4.69, 9.17) is 11.0 Å². The Morgan fingerprint density at radius 1 is 1.44 bits per heavy atom. The first-order valence-electron chi connectivity index (χ1n) is 5.23. The molecule has 0 spiro atoms. The molecule has 2 amide bonds. The second-order valence-corrected chi connectivity index (χ2v) is 3.87. The number of nitrogens with two attached hydrogens (primary N) is 1. The third kappa shape index (κ3) is 3.22. The van der Waals surface area contributed by atoms with Crippen LogP contribution in [0.15, 0.2) is 18.2 Å². The lowest BCUT2D eigenvalue weighted by molar-refractivity contribution is -0.115. The predicted molar refractivity (Wildman–Crippen MR) is 68.1 cm³/mol. The van der Waals surface area contributed by atoms with Crippen LogP contribution in [-0.4, -0.2) is 25.9 Å². The molecule has 0 atom stereocenters. The van der Waals surface area contributed by atoms with Crippen molar-refractivity contribution in [3.8, 4) is 6.07 Å². The van der Waals surface area contributed by atoms with E-state index in [-0.39, 0.29) is 6.42 Å². The van der Waals surface area contributed by atoms with Crippen molar-refractivity contribution in [1.82, 2.24) is 0 Å². The number of nitriles is 1. The number of hydrogen-bond acceptors (Lipinski definition) is 4. The van der Waals surface area contributed by atoms with Crippen LogP contribution in [-0.2, 0) is 4.79 Å². The molecule has 1 aromatic carbocycles. The number of nitrogens with zero attached hydrogens (tertiary/aromatic N) is 2. The molecule has 6 nitrogen and oxygen atoms in total. The molecule has 0 saturated carbocycles. The summed E-state index contributed by atoms with van der Waals surface area (Å²) in [5.41, 5.74) is 6.70. The molecule has 18 heavy (non-hydrogen) atoms. The van der Waals surface area contributed by atoms with Crippen LogP contribution in [0.25, 0.3) is 0 Å². The summed E-state index contributed by atoms with van der Waals surface area (Å²) < 4.78 is 0. The van der Waals surface area contributed by atoms with Crippen LogP contribution in [0, 0.1) is 11.3 Å². The number of carbonyl (C=O) groups is 2. The van der Waals surface area contributed by atoms with E-state index in [1.54, 1.807) is 37.2 Å². The summed E-state index contributed by atoms with van der Waals surface area (Å²) in [6.07, 6.45) is -0.235. The third-order valence-corrected chi connectivity index (χ3v) is 2.27. The highest BCUT2D eigenvalue weighted by atomic mass is 16.2. The van der Waals surface area contributed by atoms with E-state index in [1.165, 1.54) is 6.07 Å². The number of nitrogens with one attached hydrogen (secondary N) is 1. The number of benzene rings is 1. The maximum Gasteiger partial charge on any atom is 0.250 e. The molecule has 0 heterocycles. The molecular weight excluding hydrogens is 232 g/mol. The standard InChI is InChI=1S/C12H14N4O2/c1-16(2)10-4-3-8(7-9(10)12(14)18)15-11(17)5-6-13/h3-4,7H,5H2,1-2H3,(H2,14,18)(H,15,17). The van der Waals surface area contributed by atoms with Crippen molar-refractivity contribution in [3.63, 3.8) is 0 Å². The Labute approximate surface area is 105 Å². The summed E-state index contributed by atoms with van der Waals surface area (Å²) in [6.45, 7) is 0. The average Bonchev–Trinajstić information content (AvgIpc) is 2.28. The highest BCUT2D eigenvalue weighted by Gasteiger charge is 2.11. The zero-order chi connectivity index (χ0) is 13.7. The van der Waals surface area contributed by atoms with Crippen LogP contribution < -0.4 is 16.0 Å². The van der Waals surface area contributed by atoms with Crippen LogP contribution in [0.4, 0.5) is 11.4 Å². The summed E-state index contributed by atoms with van der Waals surface area (Å²) in [4.78, 5) is 24.3. The van der Waals surface area contributed by atoms with Gasteiger partial charge in [0.05, 0.1) is 11.6 Å². The van der Waals surface area contributed by atoms with Crippen LogP contribution in [0.3, 0.4) is 0 Å². The van der Waals surface area contributed by atoms with Gasteiger partial charge in [-0.05, 0) is 18.2 Å². The van der Waals surface area contributed by atoms with Crippen molar-refractivity contribution >= 4 is 23.2 Å². The molecule has 0 radical (unpaired) electrons. The molecule has 0 bridgehead atoms. The van der Waals surface area contributed by atoms with Gasteiger partial charge in [0.25, 0.3) is 5.91 Å². The van der Waals surface area contributed by atoms with E-state index in [0.717, 1.165) is 0 Å². The number of primary amides is 1. The second-order valence-electron chi connectivity index (χ2n) is 3.87. The maximum absolute atomic E-state index is 11.3. The number of amides is 2. The van der Waals surface area contributed by atoms with Gasteiger partial charge < -0.3 is 16.0 Å². The first kappa shape index (κ1) is 13.5. The first-order valence-corrected chi connectivity index (χ1v) is 5.23. The minimum absolute atomic E-state index is 0.235. The van der Waals surface area contributed by atoms with Gasteiger partial charge in [-0.1, -0.05) is 0 Å². The molecule has 3 N–H and O–H groups in total. The number of carbonyl (C=O) groups excluding carboxylic acids is 2. The van der Waals surface area contributed by atoms with Crippen LogP contribution in [0.5, 0.6) is 0 Å². The van der Waals surface area contributed by atoms with Gasteiger partial charge in [0.2, 0.25) is 5.91 Å². The fourth-order valence-corrected chi connectivity index (χ4v) is 1.48. The van der Waals surface area contributed by atoms with Gasteiger partial charge in [-0.3, -0.25) is 9.59 Å². The van der Waals surface area contributed by atoms with Crippen molar-refractivity contribution in [2.75, 3.05) is 24.3 Å². The third-order valence-electron chi connectivity index (χ3n) is 2.27. The molecule has 0 aliphatic carbocycles. The van der Waals surface area contributed by atoms with Crippen LogP contribution in [0.2, 0.25) is 0 Å². The number of hydrogen-bond donors (Lipinski definition) is 2. The molecule has 94 valence electrons. The Hall–Kier alpha value is -2.55. The lowest BCUT2D eigenvalue weighted by atomic mass is 10.1. The summed E-state index contributed by atoms with van der Waals surface area (Å²) in [5, 5.41) is 10.9. The zero-order valence-electron chi connectivity index (χ0n) is 10.2. The molecule has 0 unspecified atom stereocenters. The molecule has 0 aliphatic rings. The lowest BCUT2D eigenvalue weighted by Gasteiger charge is -2.16. The number of rotatable bonds is 4. The summed E-state index contributed by atoms with van der Waals surface area (Å²) in [7, 11) is 3.57. The summed E-state index contributed by atoms with van der Waals surface area (Å²) >= 11 is 0. The molecular formula is C12H14N4O2. The highest BCUT2D eigenvalue weighted by molar-refractivity contribution is 6.01. The quantitative estimate of drug-likeness (QED) is 0.816. The van der Waals surface area contributed by atoms with Gasteiger partial charge in [0, 0.05) is 25.5 Å². The Morgan fingerprint density at radius 2 is 2.11 bits per heavy atom. The first-order chi connectivity index (χ1) is 8.45. The SMILES string of the molecule is CN(C)c1ccc(NC(=O)CC#N)cc1C(N)=O. The fourth-order valence-electron chi connectivity index (χ4n) is 1.48. The summed E-state index contributed by atoms with van der Waals surface area (Å²) in [5.74, 6) is -0.999. The number of anilines is 2. The fraction of sp³-hybridized carbons (Fsp3) is 0.250. The lowest BCUT2D eigenvalue weighted by Crippen LogP contribution is -2.19. The van der Waals surface area contributed by atoms with E-state index < -0.39 is 11.8 Å². The average molecular weight is 246 g/mol. The molecule has 1 rings (SSSR count). The maximum atomic E-state index is 11.3. The molecule has 0 fully saturated rings. The minimum Gasteiger partial charge on any atom is -0.377 e. The van der Waals surface area contributed by atoms with Gasteiger partial charge in [0.15, 0.2) is 0 Å². The molecule has 0 saturated heterocycles. The summed E-state index contributed by atoms with van der Waals surface area (Å²) in [6, 6.07) is 6.57. The molecule has 0 aromatic heterocycles. The van der Waals surface area contributed by atoms with E-state index >= 15 is 0 Å². The van der Waals surface area contributed by atoms with E-state index in [9.17, 15) is 9.59 Å². The van der Waals surface area contributed by atoms with Crippen molar-refractivity contribution in [1.29, 1.82) is 5.26 Å². The van der Waals surface area contributed by atoms with E-state index in [2.05, 4.69) is 5.32 Å².